The largest absolute Gasteiger partial charge is 0.306 e. The molecule has 0 aliphatic carbocycles. The third-order valence-corrected chi connectivity index (χ3v) is 4.63. The van der Waals surface area contributed by atoms with E-state index in [4.69, 9.17) is 5.10 Å². The van der Waals surface area contributed by atoms with Gasteiger partial charge in [0.15, 0.2) is 0 Å². The van der Waals surface area contributed by atoms with Crippen molar-refractivity contribution in [2.24, 2.45) is 0 Å². The average Bonchev–Trinajstić information content (AvgIpc) is 2.93. The Morgan fingerprint density at radius 3 is 2.64 bits per heavy atom. The van der Waals surface area contributed by atoms with E-state index < -0.39 is 0 Å². The second-order valence-corrected chi connectivity index (χ2v) is 6.22. The molecule has 0 saturated carbocycles. The molecule has 1 aliphatic rings. The number of likely N-dealkylation sites (tertiary alicyclic amines) is 1. The average molecular weight is 301 g/mol. The molecular weight excluding hydrogens is 277 g/mol. The quantitative estimate of drug-likeness (QED) is 0.862. The minimum absolute atomic E-state index is 0.144. The highest BCUT2D eigenvalue weighted by atomic mass is 19.1. The summed E-state index contributed by atoms with van der Waals surface area (Å²) in [6, 6.07) is 9.16. The minimum atomic E-state index is -0.144. The molecule has 0 atom stereocenters. The smallest absolute Gasteiger partial charge is 0.126 e. The summed E-state index contributed by atoms with van der Waals surface area (Å²) in [6.45, 7) is 5.28. The predicted octanol–water partition coefficient (Wildman–Crippen LogP) is 3.44. The molecule has 1 aromatic heterocycles. The van der Waals surface area contributed by atoms with Gasteiger partial charge in [0.05, 0.1) is 5.69 Å². The first-order valence-electron chi connectivity index (χ1n) is 8.16. The fourth-order valence-electron chi connectivity index (χ4n) is 3.30. The van der Waals surface area contributed by atoms with E-state index in [9.17, 15) is 4.39 Å². The summed E-state index contributed by atoms with van der Waals surface area (Å²) in [4.78, 5) is 2.38. The molecule has 2 heterocycles. The van der Waals surface area contributed by atoms with Crippen LogP contribution >= 0.6 is 0 Å². The minimum Gasteiger partial charge on any atom is -0.306 e. The van der Waals surface area contributed by atoms with Crippen molar-refractivity contribution in [1.29, 1.82) is 0 Å². The van der Waals surface area contributed by atoms with Gasteiger partial charge in [-0.1, -0.05) is 18.2 Å². The molecule has 1 aliphatic heterocycles. The van der Waals surface area contributed by atoms with Gasteiger partial charge < -0.3 is 4.90 Å². The molecule has 0 spiro atoms. The Balaban J connectivity index is 1.81. The van der Waals surface area contributed by atoms with Crippen LogP contribution in [0.3, 0.4) is 0 Å². The lowest BCUT2D eigenvalue weighted by molar-refractivity contribution is 0.250. The first-order chi connectivity index (χ1) is 10.7. The van der Waals surface area contributed by atoms with Crippen LogP contribution in [-0.4, -0.2) is 34.8 Å². The van der Waals surface area contributed by atoms with Crippen LogP contribution in [0.25, 0.3) is 0 Å². The summed E-state index contributed by atoms with van der Waals surface area (Å²) >= 11 is 0. The number of benzene rings is 1. The second kappa shape index (κ2) is 6.61. The molecule has 0 amide bonds. The number of nitrogens with zero attached hydrogens (tertiary/aromatic N) is 3. The van der Waals surface area contributed by atoms with Gasteiger partial charge in [0.2, 0.25) is 0 Å². The summed E-state index contributed by atoms with van der Waals surface area (Å²) in [5.41, 5.74) is 3.01. The van der Waals surface area contributed by atoms with Crippen molar-refractivity contribution in [3.05, 3.63) is 53.1 Å². The van der Waals surface area contributed by atoms with Crippen LogP contribution in [0.5, 0.6) is 0 Å². The van der Waals surface area contributed by atoms with E-state index in [1.54, 1.807) is 6.07 Å². The summed E-state index contributed by atoms with van der Waals surface area (Å²) in [5, 5.41) is 4.70. The maximum atomic E-state index is 13.8. The van der Waals surface area contributed by atoms with Crippen LogP contribution < -0.4 is 0 Å². The van der Waals surface area contributed by atoms with Gasteiger partial charge in [0.25, 0.3) is 0 Å². The van der Waals surface area contributed by atoms with Crippen molar-refractivity contribution in [1.82, 2.24) is 14.7 Å². The van der Waals surface area contributed by atoms with Crippen molar-refractivity contribution in [3.63, 3.8) is 0 Å². The lowest BCUT2D eigenvalue weighted by atomic mass is 9.93. The van der Waals surface area contributed by atoms with Gasteiger partial charge in [0.1, 0.15) is 5.82 Å². The molecule has 2 aromatic rings. The Morgan fingerprint density at radius 1 is 1.23 bits per heavy atom. The molecule has 0 bridgehead atoms. The van der Waals surface area contributed by atoms with Crippen LogP contribution in [0, 0.1) is 5.82 Å². The number of aromatic nitrogens is 2. The van der Waals surface area contributed by atoms with Crippen molar-refractivity contribution in [3.8, 4) is 0 Å². The van der Waals surface area contributed by atoms with Crippen LogP contribution in [0.15, 0.2) is 30.3 Å². The molecule has 3 nitrogen and oxygen atoms in total. The Labute approximate surface area is 131 Å². The van der Waals surface area contributed by atoms with Crippen molar-refractivity contribution in [2.45, 2.75) is 38.6 Å². The predicted molar refractivity (Wildman–Crippen MR) is 86.6 cm³/mol. The van der Waals surface area contributed by atoms with Gasteiger partial charge >= 0.3 is 0 Å². The van der Waals surface area contributed by atoms with Crippen molar-refractivity contribution >= 4 is 0 Å². The zero-order valence-electron chi connectivity index (χ0n) is 13.4. The zero-order valence-corrected chi connectivity index (χ0v) is 13.4. The highest BCUT2D eigenvalue weighted by Crippen LogP contribution is 2.28. The molecule has 3 rings (SSSR count). The molecule has 4 heteroatoms. The van der Waals surface area contributed by atoms with Gasteiger partial charge in [0, 0.05) is 24.6 Å². The van der Waals surface area contributed by atoms with Crippen LogP contribution in [0.4, 0.5) is 4.39 Å². The van der Waals surface area contributed by atoms with Crippen LogP contribution in [0.1, 0.15) is 42.6 Å². The molecule has 0 unspecified atom stereocenters. The zero-order chi connectivity index (χ0) is 15.5. The number of aryl methyl sites for hydroxylation is 1. The lowest BCUT2D eigenvalue weighted by Gasteiger charge is -2.29. The third-order valence-electron chi connectivity index (χ3n) is 4.63. The normalized spacial score (nSPS) is 17.0. The number of rotatable bonds is 4. The fourth-order valence-corrected chi connectivity index (χ4v) is 3.30. The lowest BCUT2D eigenvalue weighted by Crippen LogP contribution is -2.30. The number of hydrogen-bond acceptors (Lipinski definition) is 2. The van der Waals surface area contributed by atoms with Gasteiger partial charge in [-0.3, -0.25) is 4.68 Å². The number of hydrogen-bond donors (Lipinski definition) is 0. The molecule has 0 radical (unpaired) electrons. The Kier molecular flexibility index (Phi) is 4.57. The van der Waals surface area contributed by atoms with Gasteiger partial charge in [-0.25, -0.2) is 4.39 Å². The molecule has 1 fully saturated rings. The van der Waals surface area contributed by atoms with Gasteiger partial charge in [-0.15, -0.1) is 0 Å². The number of halogens is 1. The molecule has 0 N–H and O–H groups in total. The van der Waals surface area contributed by atoms with E-state index in [0.717, 1.165) is 30.9 Å². The summed E-state index contributed by atoms with van der Waals surface area (Å²) in [6.07, 6.45) is 2.93. The monoisotopic (exact) mass is 301 g/mol. The highest BCUT2D eigenvalue weighted by Gasteiger charge is 2.22. The Morgan fingerprint density at radius 2 is 1.95 bits per heavy atom. The third kappa shape index (κ3) is 3.22. The highest BCUT2D eigenvalue weighted by molar-refractivity contribution is 5.25. The molecular formula is C18H24FN3. The maximum Gasteiger partial charge on any atom is 0.126 e. The Hall–Kier alpha value is -1.68. The standard InChI is InChI=1S/C18H24FN3/c1-3-22-18(14-8-10-21(2)11-9-14)13-16(20-22)12-15-6-4-5-7-17(15)19/h4-7,13-14H,3,8-12H2,1-2H3. The molecule has 1 saturated heterocycles. The first kappa shape index (κ1) is 15.2. The number of piperidine rings is 1. The van der Waals surface area contributed by atoms with Gasteiger partial charge in [-0.05, 0) is 57.6 Å². The van der Waals surface area contributed by atoms with E-state index >= 15 is 0 Å². The Bertz CT molecular complexity index is 627. The van der Waals surface area contributed by atoms with Crippen molar-refractivity contribution in [2.75, 3.05) is 20.1 Å². The fraction of sp³-hybridized carbons (Fsp3) is 0.500. The molecule has 1 aromatic carbocycles. The van der Waals surface area contributed by atoms with Crippen LogP contribution in [-0.2, 0) is 13.0 Å². The molecule has 22 heavy (non-hydrogen) atoms. The van der Waals surface area contributed by atoms with E-state index in [1.165, 1.54) is 24.6 Å². The molecule has 118 valence electrons. The van der Waals surface area contributed by atoms with E-state index in [2.05, 4.69) is 29.6 Å². The van der Waals surface area contributed by atoms with E-state index in [0.29, 0.717) is 12.3 Å². The SMILES string of the molecule is CCn1nc(Cc2ccccc2F)cc1C1CCN(C)CC1. The first-order valence-corrected chi connectivity index (χ1v) is 8.16. The maximum absolute atomic E-state index is 13.8. The van der Waals surface area contributed by atoms with Crippen molar-refractivity contribution < 1.29 is 4.39 Å². The second-order valence-electron chi connectivity index (χ2n) is 6.22. The van der Waals surface area contributed by atoms with Crippen LogP contribution in [0.2, 0.25) is 0 Å². The van der Waals surface area contributed by atoms with E-state index in [1.807, 2.05) is 12.1 Å². The summed E-state index contributed by atoms with van der Waals surface area (Å²) < 4.78 is 15.9. The van der Waals surface area contributed by atoms with Gasteiger partial charge in [-0.2, -0.15) is 5.10 Å². The topological polar surface area (TPSA) is 21.1 Å². The summed E-state index contributed by atoms with van der Waals surface area (Å²) in [5.74, 6) is 0.437. The summed E-state index contributed by atoms with van der Waals surface area (Å²) in [7, 11) is 2.18. The van der Waals surface area contributed by atoms with E-state index in [-0.39, 0.29) is 5.82 Å².